The van der Waals surface area contributed by atoms with Gasteiger partial charge in [0.25, 0.3) is 0 Å². The van der Waals surface area contributed by atoms with E-state index in [1.807, 2.05) is 16.5 Å². The Morgan fingerprint density at radius 1 is 1.33 bits per heavy atom. The molecule has 0 saturated heterocycles. The highest BCUT2D eigenvalue weighted by Gasteiger charge is 2.30. The van der Waals surface area contributed by atoms with Crippen LogP contribution in [0.3, 0.4) is 0 Å². The zero-order valence-corrected chi connectivity index (χ0v) is 16.7. The highest BCUT2D eigenvalue weighted by atomic mass is 32.2. The SMILES string of the molecule is CCCCCN(Cc1ccc(F)cc1)C(=O)C(C)Sc1nnnn1C1CC1. The number of carbonyl (C=O) groups excluding carboxylic acids is 1. The van der Waals surface area contributed by atoms with Crippen LogP contribution in [0.15, 0.2) is 29.4 Å². The van der Waals surface area contributed by atoms with Crippen molar-refractivity contribution < 1.29 is 9.18 Å². The van der Waals surface area contributed by atoms with Gasteiger partial charge in [-0.2, -0.15) is 0 Å². The third-order valence-corrected chi connectivity index (χ3v) is 5.65. The van der Waals surface area contributed by atoms with Crippen LogP contribution in [0.25, 0.3) is 0 Å². The van der Waals surface area contributed by atoms with E-state index in [9.17, 15) is 9.18 Å². The van der Waals surface area contributed by atoms with Crippen LogP contribution in [0, 0.1) is 5.82 Å². The van der Waals surface area contributed by atoms with E-state index in [1.54, 1.807) is 12.1 Å². The normalized spacial score (nSPS) is 14.9. The molecule has 3 rings (SSSR count). The van der Waals surface area contributed by atoms with Gasteiger partial charge in [0.15, 0.2) is 0 Å². The van der Waals surface area contributed by atoms with Crippen molar-refractivity contribution in [1.29, 1.82) is 0 Å². The molecular formula is C19H26FN5OS. The molecule has 1 aromatic heterocycles. The Balaban J connectivity index is 1.66. The van der Waals surface area contributed by atoms with E-state index in [1.165, 1.54) is 23.9 Å². The van der Waals surface area contributed by atoms with Crippen LogP contribution in [0.1, 0.15) is 57.6 Å². The zero-order chi connectivity index (χ0) is 19.2. The standard InChI is InChI=1S/C19H26FN5OS/c1-3-4-5-12-24(13-15-6-8-16(20)9-7-15)18(26)14(2)27-19-21-22-23-25(19)17-10-11-17/h6-9,14,17H,3-5,10-13H2,1-2H3. The third-order valence-electron chi connectivity index (χ3n) is 4.62. The average molecular weight is 392 g/mol. The Bertz CT molecular complexity index is 747. The molecule has 8 heteroatoms. The monoisotopic (exact) mass is 391 g/mol. The summed E-state index contributed by atoms with van der Waals surface area (Å²) < 4.78 is 15.0. The van der Waals surface area contributed by atoms with E-state index < -0.39 is 0 Å². The van der Waals surface area contributed by atoms with E-state index in [0.717, 1.165) is 37.7 Å². The molecule has 6 nitrogen and oxygen atoms in total. The molecule has 1 fully saturated rings. The number of hydrogen-bond acceptors (Lipinski definition) is 5. The summed E-state index contributed by atoms with van der Waals surface area (Å²) in [6.07, 6.45) is 5.32. The van der Waals surface area contributed by atoms with Crippen molar-refractivity contribution in [2.45, 2.75) is 68.9 Å². The maximum absolute atomic E-state index is 13.2. The van der Waals surface area contributed by atoms with Crippen LogP contribution in [-0.2, 0) is 11.3 Å². The van der Waals surface area contributed by atoms with Gasteiger partial charge in [0.2, 0.25) is 11.1 Å². The highest BCUT2D eigenvalue weighted by Crippen LogP contribution is 2.37. The molecule has 0 N–H and O–H groups in total. The van der Waals surface area contributed by atoms with Gasteiger partial charge in [-0.05, 0) is 54.3 Å². The molecule has 1 aromatic carbocycles. The predicted molar refractivity (Wildman–Crippen MR) is 103 cm³/mol. The van der Waals surface area contributed by atoms with Gasteiger partial charge in [-0.3, -0.25) is 4.79 Å². The fourth-order valence-corrected chi connectivity index (χ4v) is 3.85. The second kappa shape index (κ2) is 9.30. The van der Waals surface area contributed by atoms with Crippen molar-refractivity contribution in [1.82, 2.24) is 25.1 Å². The lowest BCUT2D eigenvalue weighted by Crippen LogP contribution is -2.37. The molecular weight excluding hydrogens is 365 g/mol. The molecule has 1 saturated carbocycles. The minimum absolute atomic E-state index is 0.0609. The van der Waals surface area contributed by atoms with Crippen LogP contribution in [0.5, 0.6) is 0 Å². The first-order valence-electron chi connectivity index (χ1n) is 9.56. The topological polar surface area (TPSA) is 63.9 Å². The number of amides is 1. The number of unbranched alkanes of at least 4 members (excludes halogenated alkanes) is 2. The number of tetrazole rings is 1. The fourth-order valence-electron chi connectivity index (χ4n) is 2.91. The quantitative estimate of drug-likeness (QED) is 0.455. The summed E-state index contributed by atoms with van der Waals surface area (Å²) in [5.41, 5.74) is 0.932. The molecule has 1 aliphatic rings. The summed E-state index contributed by atoms with van der Waals surface area (Å²) in [5, 5.41) is 12.3. The maximum Gasteiger partial charge on any atom is 0.236 e. The molecule has 0 spiro atoms. The first-order chi connectivity index (χ1) is 13.1. The number of benzene rings is 1. The van der Waals surface area contributed by atoms with Crippen molar-refractivity contribution in [3.8, 4) is 0 Å². The second-order valence-electron chi connectivity index (χ2n) is 6.99. The van der Waals surface area contributed by atoms with E-state index in [4.69, 9.17) is 0 Å². The number of halogens is 1. The maximum atomic E-state index is 13.2. The first-order valence-corrected chi connectivity index (χ1v) is 10.4. The van der Waals surface area contributed by atoms with Crippen LogP contribution in [0.4, 0.5) is 4.39 Å². The number of rotatable bonds is 10. The number of carbonyl (C=O) groups is 1. The fraction of sp³-hybridized carbons (Fsp3) is 0.579. The number of nitrogens with zero attached hydrogens (tertiary/aromatic N) is 5. The smallest absolute Gasteiger partial charge is 0.236 e. The summed E-state index contributed by atoms with van der Waals surface area (Å²) >= 11 is 1.41. The first kappa shape index (κ1) is 19.8. The summed E-state index contributed by atoms with van der Waals surface area (Å²) in [4.78, 5) is 15.0. The van der Waals surface area contributed by atoms with Crippen molar-refractivity contribution in [2.24, 2.45) is 0 Å². The van der Waals surface area contributed by atoms with Crippen LogP contribution in [0.2, 0.25) is 0 Å². The predicted octanol–water partition coefficient (Wildman–Crippen LogP) is 3.85. The van der Waals surface area contributed by atoms with Crippen molar-refractivity contribution in [2.75, 3.05) is 6.54 Å². The molecule has 1 heterocycles. The molecule has 2 aromatic rings. The Labute approximate surface area is 163 Å². The van der Waals surface area contributed by atoms with E-state index in [0.29, 0.717) is 24.3 Å². The van der Waals surface area contributed by atoms with E-state index >= 15 is 0 Å². The highest BCUT2D eigenvalue weighted by molar-refractivity contribution is 8.00. The summed E-state index contributed by atoms with van der Waals surface area (Å²) in [6.45, 7) is 5.22. The van der Waals surface area contributed by atoms with Gasteiger partial charge in [0.1, 0.15) is 5.82 Å². The summed E-state index contributed by atoms with van der Waals surface area (Å²) in [7, 11) is 0. The number of aromatic nitrogens is 4. The molecule has 1 unspecified atom stereocenters. The van der Waals surface area contributed by atoms with Gasteiger partial charge in [-0.1, -0.05) is 43.7 Å². The molecule has 0 radical (unpaired) electrons. The summed E-state index contributed by atoms with van der Waals surface area (Å²) in [6, 6.07) is 6.73. The largest absolute Gasteiger partial charge is 0.337 e. The molecule has 1 amide bonds. The lowest BCUT2D eigenvalue weighted by molar-refractivity contribution is -0.131. The van der Waals surface area contributed by atoms with E-state index in [-0.39, 0.29) is 17.0 Å². The van der Waals surface area contributed by atoms with Crippen LogP contribution >= 0.6 is 11.8 Å². The van der Waals surface area contributed by atoms with Crippen LogP contribution in [-0.4, -0.2) is 42.8 Å². The Hall–Kier alpha value is -1.96. The van der Waals surface area contributed by atoms with Gasteiger partial charge >= 0.3 is 0 Å². The minimum Gasteiger partial charge on any atom is -0.337 e. The molecule has 146 valence electrons. The van der Waals surface area contributed by atoms with E-state index in [2.05, 4.69) is 22.4 Å². The Morgan fingerprint density at radius 3 is 2.74 bits per heavy atom. The van der Waals surface area contributed by atoms with Crippen LogP contribution < -0.4 is 0 Å². The zero-order valence-electron chi connectivity index (χ0n) is 15.8. The second-order valence-corrected chi connectivity index (χ2v) is 8.30. The van der Waals surface area contributed by atoms with Gasteiger partial charge in [0, 0.05) is 13.1 Å². The minimum atomic E-state index is -0.282. The Morgan fingerprint density at radius 2 is 2.07 bits per heavy atom. The molecule has 0 bridgehead atoms. The summed E-state index contributed by atoms with van der Waals surface area (Å²) in [5.74, 6) is -0.204. The van der Waals surface area contributed by atoms with Crippen molar-refractivity contribution in [3.05, 3.63) is 35.6 Å². The molecule has 1 aliphatic carbocycles. The molecule has 0 aliphatic heterocycles. The average Bonchev–Trinajstić information content (AvgIpc) is 3.41. The third kappa shape index (κ3) is 5.51. The molecule has 1 atom stereocenters. The van der Waals surface area contributed by atoms with Gasteiger partial charge in [-0.25, -0.2) is 9.07 Å². The lowest BCUT2D eigenvalue weighted by Gasteiger charge is -2.25. The van der Waals surface area contributed by atoms with Crippen molar-refractivity contribution in [3.63, 3.8) is 0 Å². The van der Waals surface area contributed by atoms with Gasteiger partial charge in [-0.15, -0.1) is 5.10 Å². The van der Waals surface area contributed by atoms with Crippen molar-refractivity contribution >= 4 is 17.7 Å². The van der Waals surface area contributed by atoms with Gasteiger partial charge in [0.05, 0.1) is 11.3 Å². The van der Waals surface area contributed by atoms with Gasteiger partial charge < -0.3 is 4.90 Å². The lowest BCUT2D eigenvalue weighted by atomic mass is 10.2. The number of thioether (sulfide) groups is 1. The number of hydrogen-bond donors (Lipinski definition) is 0. The molecule has 27 heavy (non-hydrogen) atoms. The Kier molecular flexibility index (Phi) is 6.82.